The molecule has 0 amide bonds. The van der Waals surface area contributed by atoms with Gasteiger partial charge in [0, 0.05) is 34.1 Å². The van der Waals surface area contributed by atoms with E-state index >= 15 is 0 Å². The predicted octanol–water partition coefficient (Wildman–Crippen LogP) is 7.48. The molecule has 0 unspecified atom stereocenters. The van der Waals surface area contributed by atoms with Crippen molar-refractivity contribution in [3.8, 4) is 22.4 Å². The van der Waals surface area contributed by atoms with E-state index in [2.05, 4.69) is 67.4 Å². The van der Waals surface area contributed by atoms with Gasteiger partial charge in [-0.1, -0.05) is 42.5 Å². The third-order valence-electron chi connectivity index (χ3n) is 6.13. The molecule has 3 aromatic carbocycles. The summed E-state index contributed by atoms with van der Waals surface area (Å²) in [6, 6.07) is 25.0. The Bertz CT molecular complexity index is 1610. The highest BCUT2D eigenvalue weighted by Crippen LogP contribution is 2.37. The number of nitrogens with zero attached hydrogens (tertiary/aromatic N) is 2. The van der Waals surface area contributed by atoms with E-state index < -0.39 is 0 Å². The maximum Gasteiger partial charge on any atom is 0.144 e. The van der Waals surface area contributed by atoms with Gasteiger partial charge in [0.25, 0.3) is 0 Å². The third kappa shape index (κ3) is 2.74. The van der Waals surface area contributed by atoms with Crippen LogP contribution in [0, 0.1) is 13.8 Å². The molecule has 0 atom stereocenters. The number of hydrogen-bond donors (Lipinski definition) is 0. The van der Waals surface area contributed by atoms with E-state index in [4.69, 9.17) is 9.40 Å². The zero-order valence-corrected chi connectivity index (χ0v) is 17.4. The van der Waals surface area contributed by atoms with Gasteiger partial charge in [0.2, 0.25) is 0 Å². The molecule has 148 valence electrons. The lowest BCUT2D eigenvalue weighted by Gasteiger charge is -2.13. The molecule has 31 heavy (non-hydrogen) atoms. The van der Waals surface area contributed by atoms with E-state index in [-0.39, 0.29) is 0 Å². The van der Waals surface area contributed by atoms with Crippen LogP contribution in [0.3, 0.4) is 0 Å². The molecule has 0 N–H and O–H groups in total. The van der Waals surface area contributed by atoms with Crippen molar-refractivity contribution in [1.29, 1.82) is 0 Å². The van der Waals surface area contributed by atoms with E-state index in [1.807, 2.05) is 36.7 Å². The second kappa shape index (κ2) is 6.78. The summed E-state index contributed by atoms with van der Waals surface area (Å²) in [4.78, 5) is 9.27. The van der Waals surface area contributed by atoms with Crippen LogP contribution in [-0.4, -0.2) is 9.97 Å². The van der Waals surface area contributed by atoms with Gasteiger partial charge < -0.3 is 4.42 Å². The molecule has 3 nitrogen and oxygen atoms in total. The summed E-state index contributed by atoms with van der Waals surface area (Å²) < 4.78 is 6.25. The van der Waals surface area contributed by atoms with Crippen LogP contribution in [0.2, 0.25) is 0 Å². The summed E-state index contributed by atoms with van der Waals surface area (Å²) in [5.74, 6) is 0. The van der Waals surface area contributed by atoms with Gasteiger partial charge in [-0.15, -0.1) is 0 Å². The average Bonchev–Trinajstić information content (AvgIpc) is 3.19. The van der Waals surface area contributed by atoms with Crippen LogP contribution in [0.5, 0.6) is 0 Å². The Morgan fingerprint density at radius 1 is 0.677 bits per heavy atom. The average molecular weight is 400 g/mol. The van der Waals surface area contributed by atoms with Crippen LogP contribution in [0.4, 0.5) is 0 Å². The molecule has 6 rings (SSSR count). The predicted molar refractivity (Wildman–Crippen MR) is 127 cm³/mol. The summed E-state index contributed by atoms with van der Waals surface area (Å²) in [7, 11) is 0. The number of fused-ring (bicyclic) bond motifs is 4. The largest absolute Gasteiger partial charge is 0.455 e. The van der Waals surface area contributed by atoms with E-state index in [0.29, 0.717) is 0 Å². The van der Waals surface area contributed by atoms with E-state index in [9.17, 15) is 0 Å². The zero-order chi connectivity index (χ0) is 20.9. The molecule has 0 spiro atoms. The number of aromatic nitrogens is 2. The van der Waals surface area contributed by atoms with Crippen molar-refractivity contribution in [2.75, 3.05) is 0 Å². The Kier molecular flexibility index (Phi) is 3.90. The van der Waals surface area contributed by atoms with Gasteiger partial charge in [0.05, 0.1) is 11.2 Å². The molecule has 6 aromatic rings. The molecular weight excluding hydrogens is 380 g/mol. The summed E-state index contributed by atoms with van der Waals surface area (Å²) in [6.45, 7) is 4.28. The molecule has 0 aliphatic rings. The SMILES string of the molecule is Cc1cnc(-c2cccc3c2oc2ccccc23)cc1-c1ccc2ncccc2c1C. The number of furan rings is 1. The van der Waals surface area contributed by atoms with Gasteiger partial charge >= 0.3 is 0 Å². The third-order valence-corrected chi connectivity index (χ3v) is 6.13. The molecule has 3 heterocycles. The van der Waals surface area contributed by atoms with Crippen molar-refractivity contribution < 1.29 is 4.42 Å². The first kappa shape index (κ1) is 17.8. The molecule has 3 aromatic heterocycles. The Morgan fingerprint density at radius 3 is 2.45 bits per heavy atom. The van der Waals surface area contributed by atoms with Crippen molar-refractivity contribution in [3.05, 3.63) is 96.3 Å². The van der Waals surface area contributed by atoms with Gasteiger partial charge in [-0.05, 0) is 66.4 Å². The quantitative estimate of drug-likeness (QED) is 0.302. The van der Waals surface area contributed by atoms with E-state index in [1.54, 1.807) is 0 Å². The first-order valence-corrected chi connectivity index (χ1v) is 10.4. The highest BCUT2D eigenvalue weighted by Gasteiger charge is 2.15. The van der Waals surface area contributed by atoms with Crippen LogP contribution in [-0.2, 0) is 0 Å². The first-order valence-electron chi connectivity index (χ1n) is 10.4. The Labute approximate surface area is 180 Å². The van der Waals surface area contributed by atoms with Gasteiger partial charge in [0.1, 0.15) is 11.2 Å². The minimum atomic E-state index is 0.880. The molecule has 3 heteroatoms. The van der Waals surface area contributed by atoms with Gasteiger partial charge in [-0.3, -0.25) is 9.97 Å². The maximum atomic E-state index is 6.25. The molecule has 0 fully saturated rings. The minimum Gasteiger partial charge on any atom is -0.455 e. The van der Waals surface area contributed by atoms with Gasteiger partial charge in [-0.2, -0.15) is 0 Å². The van der Waals surface area contributed by atoms with Gasteiger partial charge in [-0.25, -0.2) is 0 Å². The van der Waals surface area contributed by atoms with Crippen molar-refractivity contribution in [3.63, 3.8) is 0 Å². The molecule has 0 aliphatic carbocycles. The molecule has 0 bridgehead atoms. The van der Waals surface area contributed by atoms with Crippen LogP contribution in [0.1, 0.15) is 11.1 Å². The molecule has 0 aliphatic heterocycles. The Hall–Kier alpha value is -3.98. The summed E-state index contributed by atoms with van der Waals surface area (Å²) >= 11 is 0. The fourth-order valence-electron chi connectivity index (χ4n) is 4.50. The second-order valence-electron chi connectivity index (χ2n) is 7.97. The van der Waals surface area contributed by atoms with E-state index in [0.717, 1.165) is 44.3 Å². The van der Waals surface area contributed by atoms with E-state index in [1.165, 1.54) is 22.1 Å². The number of rotatable bonds is 2. The number of para-hydroxylation sites is 2. The van der Waals surface area contributed by atoms with Crippen LogP contribution in [0.25, 0.3) is 55.2 Å². The van der Waals surface area contributed by atoms with Crippen LogP contribution < -0.4 is 0 Å². The van der Waals surface area contributed by atoms with Crippen molar-refractivity contribution in [2.45, 2.75) is 13.8 Å². The van der Waals surface area contributed by atoms with Crippen molar-refractivity contribution in [2.24, 2.45) is 0 Å². The standard InChI is InChI=1S/C28H20N2O/c1-17-16-30-26(15-24(17)19-12-13-25-20(18(19)2)10-6-14-29-25)23-9-5-8-22-21-7-3-4-11-27(21)31-28(22)23/h3-16H,1-2H3. The van der Waals surface area contributed by atoms with Crippen LogP contribution >= 0.6 is 0 Å². The summed E-state index contributed by atoms with van der Waals surface area (Å²) in [5.41, 5.74) is 9.48. The normalized spacial score (nSPS) is 11.5. The summed E-state index contributed by atoms with van der Waals surface area (Å²) in [6.07, 6.45) is 3.80. The lowest BCUT2D eigenvalue weighted by atomic mass is 9.93. The number of aryl methyl sites for hydroxylation is 2. The maximum absolute atomic E-state index is 6.25. The Morgan fingerprint density at radius 2 is 1.52 bits per heavy atom. The fourth-order valence-corrected chi connectivity index (χ4v) is 4.50. The molecule has 0 saturated heterocycles. The fraction of sp³-hybridized carbons (Fsp3) is 0.0714. The highest BCUT2D eigenvalue weighted by molar-refractivity contribution is 6.09. The lowest BCUT2D eigenvalue weighted by Crippen LogP contribution is -1.93. The van der Waals surface area contributed by atoms with Crippen molar-refractivity contribution >= 4 is 32.8 Å². The zero-order valence-electron chi connectivity index (χ0n) is 17.4. The molecular formula is C28H20N2O. The molecule has 0 radical (unpaired) electrons. The minimum absolute atomic E-state index is 0.880. The lowest BCUT2D eigenvalue weighted by molar-refractivity contribution is 0.670. The monoisotopic (exact) mass is 400 g/mol. The summed E-state index contributed by atoms with van der Waals surface area (Å²) in [5, 5.41) is 3.42. The second-order valence-corrected chi connectivity index (χ2v) is 7.97. The van der Waals surface area contributed by atoms with Crippen molar-refractivity contribution in [1.82, 2.24) is 9.97 Å². The smallest absolute Gasteiger partial charge is 0.144 e. The van der Waals surface area contributed by atoms with Gasteiger partial charge in [0.15, 0.2) is 0 Å². The molecule has 0 saturated carbocycles. The first-order chi connectivity index (χ1) is 15.2. The number of hydrogen-bond acceptors (Lipinski definition) is 3. The number of benzene rings is 3. The topological polar surface area (TPSA) is 38.9 Å². The number of pyridine rings is 2. The van der Waals surface area contributed by atoms with Crippen LogP contribution in [0.15, 0.2) is 89.6 Å². The Balaban J connectivity index is 1.59. The highest BCUT2D eigenvalue weighted by atomic mass is 16.3.